The molecule has 1 aromatic heterocycles. The number of hydrogen-bond acceptors (Lipinski definition) is 6. The number of benzene rings is 1. The molecule has 1 aromatic carbocycles. The Morgan fingerprint density at radius 1 is 1.17 bits per heavy atom. The summed E-state index contributed by atoms with van der Waals surface area (Å²) in [5, 5.41) is 2.66. The highest BCUT2D eigenvalue weighted by molar-refractivity contribution is 5.97. The minimum atomic E-state index is -0.943. The number of anilines is 1. The molecule has 0 saturated heterocycles. The fraction of sp³-hybridized carbons (Fsp3) is 0.188. The Bertz CT molecular complexity index is 733. The molecule has 0 spiro atoms. The summed E-state index contributed by atoms with van der Waals surface area (Å²) in [7, 11) is 0. The fourth-order valence-corrected chi connectivity index (χ4v) is 1.99. The first-order chi connectivity index (χ1) is 11.1. The number of pyridine rings is 1. The van der Waals surface area contributed by atoms with Crippen LogP contribution in [0.25, 0.3) is 0 Å². The third-order valence-electron chi connectivity index (χ3n) is 3.21. The lowest BCUT2D eigenvalue weighted by Crippen LogP contribution is -2.30. The van der Waals surface area contributed by atoms with Gasteiger partial charge in [0.2, 0.25) is 6.79 Å². The Kier molecular flexibility index (Phi) is 4.09. The minimum Gasteiger partial charge on any atom is -0.454 e. The molecule has 0 saturated carbocycles. The van der Waals surface area contributed by atoms with Gasteiger partial charge in [0.25, 0.3) is 5.91 Å². The van der Waals surface area contributed by atoms with Gasteiger partial charge < -0.3 is 19.5 Å². The minimum absolute atomic E-state index is 0.159. The molecule has 0 aliphatic carbocycles. The molecule has 1 unspecified atom stereocenters. The van der Waals surface area contributed by atoms with Crippen LogP contribution in [0.3, 0.4) is 0 Å². The van der Waals surface area contributed by atoms with Crippen LogP contribution in [0.15, 0.2) is 42.7 Å². The Morgan fingerprint density at radius 2 is 1.91 bits per heavy atom. The molecule has 7 nitrogen and oxygen atoms in total. The van der Waals surface area contributed by atoms with Gasteiger partial charge >= 0.3 is 5.97 Å². The number of rotatable bonds is 4. The molecular weight excluding hydrogens is 300 g/mol. The first-order valence-corrected chi connectivity index (χ1v) is 6.95. The lowest BCUT2D eigenvalue weighted by atomic mass is 10.2. The van der Waals surface area contributed by atoms with Gasteiger partial charge in [-0.1, -0.05) is 0 Å². The molecule has 2 heterocycles. The van der Waals surface area contributed by atoms with Crippen molar-refractivity contribution in [3.8, 4) is 11.5 Å². The number of esters is 1. The number of hydrogen-bond donors (Lipinski definition) is 1. The van der Waals surface area contributed by atoms with Gasteiger partial charge in [-0.2, -0.15) is 0 Å². The number of nitrogens with zero attached hydrogens (tertiary/aromatic N) is 1. The van der Waals surface area contributed by atoms with Crippen molar-refractivity contribution in [3.05, 3.63) is 48.3 Å². The van der Waals surface area contributed by atoms with Crippen molar-refractivity contribution in [2.75, 3.05) is 12.1 Å². The predicted octanol–water partition coefficient (Wildman–Crippen LogP) is 1.99. The summed E-state index contributed by atoms with van der Waals surface area (Å²) in [6.45, 7) is 1.66. The van der Waals surface area contributed by atoms with E-state index in [0.29, 0.717) is 22.7 Å². The topological polar surface area (TPSA) is 86.8 Å². The molecule has 1 N–H and O–H groups in total. The van der Waals surface area contributed by atoms with E-state index in [1.165, 1.54) is 31.5 Å². The van der Waals surface area contributed by atoms with E-state index in [1.54, 1.807) is 18.2 Å². The normalized spacial score (nSPS) is 13.3. The van der Waals surface area contributed by atoms with Crippen LogP contribution in [0.1, 0.15) is 17.3 Å². The van der Waals surface area contributed by atoms with Crippen LogP contribution >= 0.6 is 0 Å². The monoisotopic (exact) mass is 314 g/mol. The SMILES string of the molecule is CC(OC(=O)c1ccncc1)C(=O)Nc1ccc2c(c1)OCO2. The Labute approximate surface area is 132 Å². The first-order valence-electron chi connectivity index (χ1n) is 6.95. The van der Waals surface area contributed by atoms with E-state index in [2.05, 4.69) is 10.3 Å². The van der Waals surface area contributed by atoms with Gasteiger partial charge in [0, 0.05) is 24.1 Å². The van der Waals surface area contributed by atoms with Crippen LogP contribution in [0.4, 0.5) is 5.69 Å². The third kappa shape index (κ3) is 3.39. The van der Waals surface area contributed by atoms with Crippen molar-refractivity contribution in [3.63, 3.8) is 0 Å². The van der Waals surface area contributed by atoms with E-state index in [9.17, 15) is 9.59 Å². The zero-order chi connectivity index (χ0) is 16.2. The second-order valence-corrected chi connectivity index (χ2v) is 4.84. The highest BCUT2D eigenvalue weighted by Crippen LogP contribution is 2.34. The Hall–Kier alpha value is -3.09. The number of carbonyl (C=O) groups is 2. The predicted molar refractivity (Wildman–Crippen MR) is 80.3 cm³/mol. The Morgan fingerprint density at radius 3 is 2.70 bits per heavy atom. The highest BCUT2D eigenvalue weighted by atomic mass is 16.7. The highest BCUT2D eigenvalue weighted by Gasteiger charge is 2.20. The van der Waals surface area contributed by atoms with Crippen LogP contribution in [0.2, 0.25) is 0 Å². The van der Waals surface area contributed by atoms with E-state index in [1.807, 2.05) is 0 Å². The van der Waals surface area contributed by atoms with Gasteiger partial charge in [0.05, 0.1) is 5.56 Å². The molecule has 0 radical (unpaired) electrons. The molecule has 1 atom stereocenters. The second-order valence-electron chi connectivity index (χ2n) is 4.84. The van der Waals surface area contributed by atoms with E-state index in [0.717, 1.165) is 0 Å². The van der Waals surface area contributed by atoms with Crippen molar-refractivity contribution in [2.45, 2.75) is 13.0 Å². The van der Waals surface area contributed by atoms with E-state index in [-0.39, 0.29) is 6.79 Å². The van der Waals surface area contributed by atoms with Crippen molar-refractivity contribution in [1.29, 1.82) is 0 Å². The molecule has 118 valence electrons. The van der Waals surface area contributed by atoms with Crippen LogP contribution in [0.5, 0.6) is 11.5 Å². The number of aromatic nitrogens is 1. The summed E-state index contributed by atoms with van der Waals surface area (Å²) in [4.78, 5) is 27.8. The largest absolute Gasteiger partial charge is 0.454 e. The third-order valence-corrected chi connectivity index (χ3v) is 3.21. The number of ether oxygens (including phenoxy) is 3. The molecule has 1 aliphatic heterocycles. The van der Waals surface area contributed by atoms with E-state index < -0.39 is 18.0 Å². The van der Waals surface area contributed by atoms with Gasteiger partial charge in [-0.05, 0) is 31.2 Å². The lowest BCUT2D eigenvalue weighted by Gasteiger charge is -2.13. The van der Waals surface area contributed by atoms with Crippen LogP contribution in [-0.4, -0.2) is 29.8 Å². The molecular formula is C16H14N2O5. The number of amides is 1. The summed E-state index contributed by atoms with van der Waals surface area (Å²) in [6.07, 6.45) is 2.02. The van der Waals surface area contributed by atoms with Crippen LogP contribution in [-0.2, 0) is 9.53 Å². The summed E-state index contributed by atoms with van der Waals surface area (Å²) in [5.74, 6) is 0.163. The molecule has 0 fully saturated rings. The van der Waals surface area contributed by atoms with E-state index in [4.69, 9.17) is 14.2 Å². The van der Waals surface area contributed by atoms with Crippen molar-refractivity contribution >= 4 is 17.6 Å². The maximum Gasteiger partial charge on any atom is 0.339 e. The van der Waals surface area contributed by atoms with Gasteiger partial charge in [0.15, 0.2) is 17.6 Å². The number of carbonyl (C=O) groups excluding carboxylic acids is 2. The molecule has 2 aromatic rings. The van der Waals surface area contributed by atoms with Gasteiger partial charge in [-0.15, -0.1) is 0 Å². The Balaban J connectivity index is 1.60. The van der Waals surface area contributed by atoms with Gasteiger partial charge in [0.1, 0.15) is 0 Å². The molecule has 1 amide bonds. The van der Waals surface area contributed by atoms with E-state index >= 15 is 0 Å². The van der Waals surface area contributed by atoms with Crippen molar-refractivity contribution < 1.29 is 23.8 Å². The van der Waals surface area contributed by atoms with Crippen molar-refractivity contribution in [2.24, 2.45) is 0 Å². The summed E-state index contributed by atoms with van der Waals surface area (Å²) in [5.41, 5.74) is 0.869. The average Bonchev–Trinajstić information content (AvgIpc) is 3.03. The lowest BCUT2D eigenvalue weighted by molar-refractivity contribution is -0.123. The maximum atomic E-state index is 12.1. The zero-order valence-electron chi connectivity index (χ0n) is 12.3. The maximum absolute atomic E-state index is 12.1. The summed E-state index contributed by atoms with van der Waals surface area (Å²) < 4.78 is 15.6. The van der Waals surface area contributed by atoms with Crippen LogP contribution < -0.4 is 14.8 Å². The molecule has 23 heavy (non-hydrogen) atoms. The van der Waals surface area contributed by atoms with Crippen molar-refractivity contribution in [1.82, 2.24) is 4.98 Å². The van der Waals surface area contributed by atoms with Crippen LogP contribution in [0, 0.1) is 0 Å². The second kappa shape index (κ2) is 6.35. The fourth-order valence-electron chi connectivity index (χ4n) is 1.99. The molecule has 1 aliphatic rings. The molecule has 7 heteroatoms. The van der Waals surface area contributed by atoms with Gasteiger partial charge in [-0.25, -0.2) is 4.79 Å². The zero-order valence-corrected chi connectivity index (χ0v) is 12.3. The quantitative estimate of drug-likeness (QED) is 0.869. The first kappa shape index (κ1) is 14.8. The smallest absolute Gasteiger partial charge is 0.339 e. The summed E-state index contributed by atoms with van der Waals surface area (Å²) >= 11 is 0. The average molecular weight is 314 g/mol. The van der Waals surface area contributed by atoms with Gasteiger partial charge in [-0.3, -0.25) is 9.78 Å². The number of fused-ring (bicyclic) bond motifs is 1. The summed E-state index contributed by atoms with van der Waals surface area (Å²) in [6, 6.07) is 8.07. The molecule has 3 rings (SSSR count). The standard InChI is InChI=1S/C16H14N2O5/c1-10(23-16(20)11-4-6-17-7-5-11)15(19)18-12-2-3-13-14(8-12)22-9-21-13/h2-8,10H,9H2,1H3,(H,18,19). The molecule has 0 bridgehead atoms. The number of nitrogens with one attached hydrogen (secondary N) is 1.